The summed E-state index contributed by atoms with van der Waals surface area (Å²) in [5, 5.41) is 13.9. The molecule has 1 saturated heterocycles. The molecule has 2 heterocycles. The summed E-state index contributed by atoms with van der Waals surface area (Å²) in [4.78, 5) is 11.5. The lowest BCUT2D eigenvalue weighted by atomic mass is 10.1. The largest absolute Gasteiger partial charge is 0.376 e. The Bertz CT molecular complexity index is 415. The lowest BCUT2D eigenvalue weighted by Crippen LogP contribution is -2.30. The van der Waals surface area contributed by atoms with Crippen molar-refractivity contribution in [2.45, 2.75) is 38.8 Å². The molecule has 0 aliphatic carbocycles. The van der Waals surface area contributed by atoms with Crippen molar-refractivity contribution < 1.29 is 9.53 Å². The molecule has 1 aliphatic heterocycles. The van der Waals surface area contributed by atoms with Gasteiger partial charge in [-0.05, 0) is 38.8 Å². The molecule has 2 atom stereocenters. The number of carbonyl (C=O) groups is 1. The smallest absolute Gasteiger partial charge is 0.271 e. The number of aromatic nitrogens is 2. The van der Waals surface area contributed by atoms with Crippen molar-refractivity contribution in [3.05, 3.63) is 17.8 Å². The maximum Gasteiger partial charge on any atom is 0.271 e. The molecule has 0 aromatic carbocycles. The second-order valence-electron chi connectivity index (χ2n) is 4.65. The van der Waals surface area contributed by atoms with Crippen LogP contribution in [-0.2, 0) is 4.74 Å². The Balaban J connectivity index is 1.92. The van der Waals surface area contributed by atoms with Crippen LogP contribution in [0.4, 0.5) is 5.82 Å². The standard InChI is InChI=1S/C13H20N4O2/c1-3-14-13(18)10-6-7-12(17-16-10)15-9(2)11-5-4-8-19-11/h6-7,9,11H,3-5,8H2,1-2H3,(H,14,18)(H,15,17). The molecule has 2 N–H and O–H groups in total. The Morgan fingerprint density at radius 3 is 2.95 bits per heavy atom. The van der Waals surface area contributed by atoms with E-state index in [4.69, 9.17) is 4.74 Å². The number of nitrogens with zero attached hydrogens (tertiary/aromatic N) is 2. The van der Waals surface area contributed by atoms with E-state index in [1.165, 1.54) is 0 Å². The van der Waals surface area contributed by atoms with Gasteiger partial charge in [0.1, 0.15) is 5.82 Å². The van der Waals surface area contributed by atoms with Crippen molar-refractivity contribution in [3.63, 3.8) is 0 Å². The van der Waals surface area contributed by atoms with E-state index in [0.717, 1.165) is 19.4 Å². The first kappa shape index (κ1) is 13.7. The van der Waals surface area contributed by atoms with E-state index in [1.807, 2.05) is 6.92 Å². The van der Waals surface area contributed by atoms with Crippen LogP contribution in [0.2, 0.25) is 0 Å². The zero-order chi connectivity index (χ0) is 13.7. The molecule has 0 spiro atoms. The fourth-order valence-electron chi connectivity index (χ4n) is 2.10. The highest BCUT2D eigenvalue weighted by atomic mass is 16.5. The molecule has 1 fully saturated rings. The van der Waals surface area contributed by atoms with Crippen LogP contribution in [0.1, 0.15) is 37.2 Å². The van der Waals surface area contributed by atoms with Crippen LogP contribution in [0.15, 0.2) is 12.1 Å². The number of hydrogen-bond donors (Lipinski definition) is 2. The fraction of sp³-hybridized carbons (Fsp3) is 0.615. The third-order valence-corrected chi connectivity index (χ3v) is 3.13. The number of hydrogen-bond acceptors (Lipinski definition) is 5. The van der Waals surface area contributed by atoms with Crippen LogP contribution >= 0.6 is 0 Å². The van der Waals surface area contributed by atoms with Crippen molar-refractivity contribution in [1.29, 1.82) is 0 Å². The van der Waals surface area contributed by atoms with Gasteiger partial charge in [-0.1, -0.05) is 0 Å². The number of carbonyl (C=O) groups excluding carboxylic acids is 1. The van der Waals surface area contributed by atoms with Gasteiger partial charge in [-0.3, -0.25) is 4.79 Å². The van der Waals surface area contributed by atoms with E-state index in [0.29, 0.717) is 18.1 Å². The maximum absolute atomic E-state index is 11.5. The molecule has 0 radical (unpaired) electrons. The predicted octanol–water partition coefficient (Wildman–Crippen LogP) is 1.21. The molecule has 0 bridgehead atoms. The van der Waals surface area contributed by atoms with E-state index in [-0.39, 0.29) is 18.1 Å². The number of rotatable bonds is 5. The summed E-state index contributed by atoms with van der Waals surface area (Å²) in [5.74, 6) is 0.463. The van der Waals surface area contributed by atoms with Gasteiger partial charge < -0.3 is 15.4 Å². The van der Waals surface area contributed by atoms with Crippen LogP contribution in [0.25, 0.3) is 0 Å². The normalized spacial score (nSPS) is 20.0. The highest BCUT2D eigenvalue weighted by molar-refractivity contribution is 5.92. The molecule has 1 aliphatic rings. The van der Waals surface area contributed by atoms with E-state index < -0.39 is 0 Å². The van der Waals surface area contributed by atoms with Gasteiger partial charge in [-0.2, -0.15) is 0 Å². The summed E-state index contributed by atoms with van der Waals surface area (Å²) < 4.78 is 5.61. The lowest BCUT2D eigenvalue weighted by molar-refractivity contribution is 0.0949. The first-order valence-corrected chi connectivity index (χ1v) is 6.70. The molecule has 19 heavy (non-hydrogen) atoms. The van der Waals surface area contributed by atoms with Gasteiger partial charge in [-0.15, -0.1) is 10.2 Å². The highest BCUT2D eigenvalue weighted by Crippen LogP contribution is 2.17. The average molecular weight is 264 g/mol. The van der Waals surface area contributed by atoms with Crippen LogP contribution in [0.3, 0.4) is 0 Å². The van der Waals surface area contributed by atoms with Gasteiger partial charge in [-0.25, -0.2) is 0 Å². The molecule has 0 saturated carbocycles. The predicted molar refractivity (Wildman–Crippen MR) is 72.1 cm³/mol. The number of ether oxygens (including phenoxy) is 1. The molecule has 2 unspecified atom stereocenters. The average Bonchev–Trinajstić information content (AvgIpc) is 2.94. The van der Waals surface area contributed by atoms with Gasteiger partial charge in [0.15, 0.2) is 5.69 Å². The summed E-state index contributed by atoms with van der Waals surface area (Å²) >= 11 is 0. The van der Waals surface area contributed by atoms with Gasteiger partial charge in [0.25, 0.3) is 5.91 Å². The quantitative estimate of drug-likeness (QED) is 0.836. The Hall–Kier alpha value is -1.69. The molecule has 6 heteroatoms. The van der Waals surface area contributed by atoms with Crippen molar-refractivity contribution in [3.8, 4) is 0 Å². The van der Waals surface area contributed by atoms with Gasteiger partial charge in [0.2, 0.25) is 0 Å². The summed E-state index contributed by atoms with van der Waals surface area (Å²) in [7, 11) is 0. The third-order valence-electron chi connectivity index (χ3n) is 3.13. The monoisotopic (exact) mass is 264 g/mol. The fourth-order valence-corrected chi connectivity index (χ4v) is 2.10. The van der Waals surface area contributed by atoms with Gasteiger partial charge >= 0.3 is 0 Å². The number of anilines is 1. The van der Waals surface area contributed by atoms with Crippen molar-refractivity contribution in [2.24, 2.45) is 0 Å². The topological polar surface area (TPSA) is 76.1 Å². The van der Waals surface area contributed by atoms with E-state index in [1.54, 1.807) is 12.1 Å². The molecule has 6 nitrogen and oxygen atoms in total. The van der Waals surface area contributed by atoms with Crippen molar-refractivity contribution >= 4 is 11.7 Å². The summed E-state index contributed by atoms with van der Waals surface area (Å²) in [6.45, 7) is 5.34. The van der Waals surface area contributed by atoms with Gasteiger partial charge in [0.05, 0.1) is 12.1 Å². The van der Waals surface area contributed by atoms with Crippen LogP contribution in [-0.4, -0.2) is 41.4 Å². The molecule has 1 aromatic rings. The Morgan fingerprint density at radius 2 is 2.37 bits per heavy atom. The van der Waals surface area contributed by atoms with Crippen LogP contribution < -0.4 is 10.6 Å². The SMILES string of the molecule is CCNC(=O)c1ccc(NC(C)C2CCCO2)nn1. The molecular weight excluding hydrogens is 244 g/mol. The Morgan fingerprint density at radius 1 is 1.53 bits per heavy atom. The summed E-state index contributed by atoms with van der Waals surface area (Å²) in [5.41, 5.74) is 0.331. The third kappa shape index (κ3) is 3.64. The van der Waals surface area contributed by atoms with Crippen molar-refractivity contribution in [2.75, 3.05) is 18.5 Å². The number of nitrogens with one attached hydrogen (secondary N) is 2. The zero-order valence-electron chi connectivity index (χ0n) is 11.3. The summed E-state index contributed by atoms with van der Waals surface area (Å²) in [6.07, 6.45) is 2.40. The first-order chi connectivity index (χ1) is 9.20. The number of amides is 1. The second-order valence-corrected chi connectivity index (χ2v) is 4.65. The Kier molecular flexibility index (Phi) is 4.68. The maximum atomic E-state index is 11.5. The van der Waals surface area contributed by atoms with Crippen molar-refractivity contribution in [1.82, 2.24) is 15.5 Å². The van der Waals surface area contributed by atoms with Crippen LogP contribution in [0, 0.1) is 0 Å². The minimum atomic E-state index is -0.200. The zero-order valence-corrected chi connectivity index (χ0v) is 11.3. The lowest BCUT2D eigenvalue weighted by Gasteiger charge is -2.20. The first-order valence-electron chi connectivity index (χ1n) is 6.70. The molecule has 104 valence electrons. The molecule has 2 rings (SSSR count). The van der Waals surface area contributed by atoms with Crippen LogP contribution in [0.5, 0.6) is 0 Å². The minimum absolute atomic E-state index is 0.187. The summed E-state index contributed by atoms with van der Waals surface area (Å²) in [6, 6.07) is 3.62. The molecule has 1 aromatic heterocycles. The second kappa shape index (κ2) is 6.47. The Labute approximate surface area is 112 Å². The van der Waals surface area contributed by atoms with Gasteiger partial charge in [0, 0.05) is 13.2 Å². The van der Waals surface area contributed by atoms with E-state index in [2.05, 4.69) is 27.8 Å². The van der Waals surface area contributed by atoms with E-state index in [9.17, 15) is 4.79 Å². The molecular formula is C13H20N4O2. The van der Waals surface area contributed by atoms with E-state index >= 15 is 0 Å². The molecule has 1 amide bonds. The minimum Gasteiger partial charge on any atom is -0.376 e. The highest BCUT2D eigenvalue weighted by Gasteiger charge is 2.22.